The van der Waals surface area contributed by atoms with E-state index in [2.05, 4.69) is 32.8 Å². The van der Waals surface area contributed by atoms with Gasteiger partial charge in [0.2, 0.25) is 0 Å². The van der Waals surface area contributed by atoms with Gasteiger partial charge in [-0.1, -0.05) is 6.08 Å². The quantitative estimate of drug-likeness (QED) is 0.333. The lowest BCUT2D eigenvalue weighted by Crippen LogP contribution is -2.40. The molecule has 0 N–H and O–H groups in total. The van der Waals surface area contributed by atoms with Crippen molar-refractivity contribution in [2.24, 2.45) is 0 Å². The van der Waals surface area contributed by atoms with E-state index in [4.69, 9.17) is 37.4 Å². The molecule has 0 radical (unpaired) electrons. The van der Waals surface area contributed by atoms with Crippen LogP contribution in [0.4, 0.5) is 0 Å². The summed E-state index contributed by atoms with van der Waals surface area (Å²) >= 11 is 17.9. The summed E-state index contributed by atoms with van der Waals surface area (Å²) in [4.78, 5) is 0. The second kappa shape index (κ2) is 7.72. The van der Waals surface area contributed by atoms with Gasteiger partial charge in [0.15, 0.2) is 17.4 Å². The second-order valence-corrected chi connectivity index (χ2v) is 21.5. The Balaban J connectivity index is 4.54. The van der Waals surface area contributed by atoms with Crippen LogP contribution in [-0.2, 0) is 4.12 Å². The second-order valence-electron chi connectivity index (χ2n) is 5.15. The third kappa shape index (κ3) is 8.86. The van der Waals surface area contributed by atoms with E-state index < -0.39 is 23.4 Å². The van der Waals surface area contributed by atoms with Gasteiger partial charge < -0.3 is 4.12 Å². The Morgan fingerprint density at radius 1 is 1.29 bits per heavy atom. The summed E-state index contributed by atoms with van der Waals surface area (Å²) in [6.45, 7) is 12.8. The maximum Gasteiger partial charge on any atom is 0.341 e. The van der Waals surface area contributed by atoms with Gasteiger partial charge >= 0.3 is 6.00 Å². The molecule has 0 fully saturated rings. The van der Waals surface area contributed by atoms with Crippen molar-refractivity contribution in [3.63, 3.8) is 0 Å². The molecule has 0 aliphatic carbocycles. The summed E-state index contributed by atoms with van der Waals surface area (Å²) < 4.78 is 6.23. The summed E-state index contributed by atoms with van der Waals surface area (Å²) in [7, 11) is -2.68. The molecule has 0 aromatic rings. The van der Waals surface area contributed by atoms with Crippen LogP contribution in [0.15, 0.2) is 12.7 Å². The highest BCUT2D eigenvalue weighted by Gasteiger charge is 2.36. The molecule has 0 saturated heterocycles. The van der Waals surface area contributed by atoms with Gasteiger partial charge in [-0.25, -0.2) is 0 Å². The number of rotatable bonds is 8. The van der Waals surface area contributed by atoms with Gasteiger partial charge in [0, 0.05) is 0 Å². The fraction of sp³-hybridized carbons (Fsp3) is 0.800. The SMILES string of the molecule is C=CCC(CC[Si](Cl)(Cl)Cl)[Si](C)(C)O[SiH](C)C. The van der Waals surface area contributed by atoms with E-state index in [0.29, 0.717) is 5.54 Å². The van der Waals surface area contributed by atoms with Crippen LogP contribution < -0.4 is 0 Å². The third-order valence-electron chi connectivity index (χ3n) is 2.75. The van der Waals surface area contributed by atoms with Crippen LogP contribution >= 0.6 is 33.2 Å². The van der Waals surface area contributed by atoms with Crippen LogP contribution in [-0.4, -0.2) is 23.4 Å². The molecule has 0 spiro atoms. The van der Waals surface area contributed by atoms with Crippen LogP contribution in [0.5, 0.6) is 0 Å². The smallest absolute Gasteiger partial charge is 0.341 e. The molecule has 0 aliphatic heterocycles. The summed E-state index contributed by atoms with van der Waals surface area (Å²) in [6, 6.07) is -1.79. The number of halogens is 3. The molecule has 0 saturated carbocycles. The van der Waals surface area contributed by atoms with Crippen LogP contribution in [0.1, 0.15) is 12.8 Å². The third-order valence-corrected chi connectivity index (χ3v) is 12.1. The summed E-state index contributed by atoms with van der Waals surface area (Å²) in [5.74, 6) is 0. The Hall–Kier alpha value is 1.22. The largest absolute Gasteiger partial charge is 0.458 e. The minimum atomic E-state index is -2.51. The van der Waals surface area contributed by atoms with Crippen LogP contribution in [0.25, 0.3) is 0 Å². The molecule has 1 atom stereocenters. The molecule has 1 unspecified atom stereocenters. The molecule has 0 aromatic heterocycles. The molecule has 102 valence electrons. The number of hydrogen-bond donors (Lipinski definition) is 0. The molecule has 1 nitrogen and oxygen atoms in total. The van der Waals surface area contributed by atoms with Crippen molar-refractivity contribution in [3.05, 3.63) is 12.7 Å². The van der Waals surface area contributed by atoms with Crippen LogP contribution in [0, 0.1) is 0 Å². The average Bonchev–Trinajstić information content (AvgIpc) is 2.07. The molecular weight excluding hydrogens is 327 g/mol. The van der Waals surface area contributed by atoms with Gasteiger partial charge in [0.1, 0.15) is 0 Å². The van der Waals surface area contributed by atoms with Crippen molar-refractivity contribution in [2.75, 3.05) is 0 Å². The molecule has 0 rings (SSSR count). The van der Waals surface area contributed by atoms with Crippen molar-refractivity contribution < 1.29 is 4.12 Å². The van der Waals surface area contributed by atoms with E-state index in [1.165, 1.54) is 0 Å². The molecule has 0 aromatic carbocycles. The van der Waals surface area contributed by atoms with Gasteiger partial charge in [-0.05, 0) is 50.6 Å². The first kappa shape index (κ1) is 18.2. The predicted octanol–water partition coefficient (Wildman–Crippen LogP) is 5.18. The zero-order valence-electron chi connectivity index (χ0n) is 11.1. The van der Waals surface area contributed by atoms with Crippen molar-refractivity contribution in [3.8, 4) is 0 Å². The normalized spacial score (nSPS) is 15.1. The molecule has 7 heteroatoms. The lowest BCUT2D eigenvalue weighted by atomic mass is 10.2. The maximum absolute atomic E-state index is 6.23. The van der Waals surface area contributed by atoms with E-state index in [1.54, 1.807) is 0 Å². The number of hydrogen-bond acceptors (Lipinski definition) is 1. The topological polar surface area (TPSA) is 9.23 Å². The zero-order chi connectivity index (χ0) is 13.7. The Labute approximate surface area is 123 Å². The Kier molecular flexibility index (Phi) is 8.28. The van der Waals surface area contributed by atoms with Gasteiger partial charge in [0.05, 0.1) is 0 Å². The summed E-state index contributed by atoms with van der Waals surface area (Å²) in [5, 5.41) is 0. The van der Waals surface area contributed by atoms with Gasteiger partial charge in [-0.3, -0.25) is 0 Å². The van der Waals surface area contributed by atoms with E-state index in [0.717, 1.165) is 18.9 Å². The van der Waals surface area contributed by atoms with E-state index in [1.807, 2.05) is 6.08 Å². The molecule has 17 heavy (non-hydrogen) atoms. The molecular formula is C10H23Cl3OSi3. The first-order valence-electron chi connectivity index (χ1n) is 5.94. The first-order chi connectivity index (χ1) is 7.58. The van der Waals surface area contributed by atoms with Crippen LogP contribution in [0.2, 0.25) is 37.8 Å². The summed E-state index contributed by atoms with van der Waals surface area (Å²) in [5.41, 5.74) is 0.512. The molecule has 0 heterocycles. The molecule has 0 aliphatic rings. The van der Waals surface area contributed by atoms with Crippen LogP contribution in [0.3, 0.4) is 0 Å². The monoisotopic (exact) mass is 348 g/mol. The fourth-order valence-electron chi connectivity index (χ4n) is 1.99. The highest BCUT2D eigenvalue weighted by atomic mass is 35.8. The maximum atomic E-state index is 6.23. The van der Waals surface area contributed by atoms with Gasteiger partial charge in [-0.2, -0.15) is 0 Å². The molecule has 0 bridgehead atoms. The van der Waals surface area contributed by atoms with E-state index in [9.17, 15) is 0 Å². The van der Waals surface area contributed by atoms with E-state index >= 15 is 0 Å². The summed E-state index contributed by atoms with van der Waals surface area (Å²) in [6.07, 6.45) is 3.88. The molecule has 0 amide bonds. The Morgan fingerprint density at radius 3 is 2.18 bits per heavy atom. The highest BCUT2D eigenvalue weighted by molar-refractivity contribution is 7.64. The number of allylic oxidation sites excluding steroid dienone is 1. The zero-order valence-corrected chi connectivity index (χ0v) is 16.5. The van der Waals surface area contributed by atoms with Gasteiger partial charge in [-0.15, -0.1) is 39.8 Å². The predicted molar refractivity (Wildman–Crippen MR) is 88.7 cm³/mol. The minimum absolute atomic E-state index is 0.512. The standard InChI is InChI=1S/C10H23Cl3OSi3/c1-6-7-10(8-9-17(11,12)13)16(4,5)14-15(2)3/h6,10,15H,1,7-9H2,2-5H3. The lowest BCUT2D eigenvalue weighted by Gasteiger charge is -2.34. The first-order valence-corrected chi connectivity index (χ1v) is 16.9. The fourth-order valence-corrected chi connectivity index (χ4v) is 11.1. The van der Waals surface area contributed by atoms with Crippen molar-refractivity contribution in [1.82, 2.24) is 0 Å². The van der Waals surface area contributed by atoms with Crippen molar-refractivity contribution in [2.45, 2.75) is 50.6 Å². The Bertz CT molecular complexity index is 241. The lowest BCUT2D eigenvalue weighted by molar-refractivity contribution is 0.533. The van der Waals surface area contributed by atoms with Crippen molar-refractivity contribution in [1.29, 1.82) is 0 Å². The highest BCUT2D eigenvalue weighted by Crippen LogP contribution is 2.37. The van der Waals surface area contributed by atoms with Gasteiger partial charge in [0.25, 0.3) is 0 Å². The Morgan fingerprint density at radius 2 is 1.82 bits per heavy atom. The van der Waals surface area contributed by atoms with E-state index in [-0.39, 0.29) is 0 Å². The van der Waals surface area contributed by atoms with Crippen molar-refractivity contribution >= 4 is 56.6 Å². The minimum Gasteiger partial charge on any atom is -0.458 e. The average molecular weight is 350 g/mol.